The van der Waals surface area contributed by atoms with Gasteiger partial charge in [0, 0.05) is 12.2 Å². The molecule has 0 aliphatic heterocycles. The molecule has 0 aliphatic rings. The summed E-state index contributed by atoms with van der Waals surface area (Å²) in [6, 6.07) is 21.0. The second-order valence-electron chi connectivity index (χ2n) is 6.94. The highest BCUT2D eigenvalue weighted by Gasteiger charge is 2.14. The normalized spacial score (nSPS) is 11.1. The number of hydrogen-bond donors (Lipinski definition) is 2. The van der Waals surface area contributed by atoms with Crippen LogP contribution < -0.4 is 14.8 Å². The van der Waals surface area contributed by atoms with Crippen LogP contribution in [0.5, 0.6) is 5.75 Å². The van der Waals surface area contributed by atoms with Gasteiger partial charge in [-0.2, -0.15) is 0 Å². The minimum Gasteiger partial charge on any atom is -0.483 e. The average Bonchev–Trinajstić information content (AvgIpc) is 2.73. The molecule has 2 N–H and O–H groups in total. The number of rotatable bonds is 8. The number of anilines is 1. The molecule has 0 saturated heterocycles. The van der Waals surface area contributed by atoms with E-state index in [9.17, 15) is 13.2 Å². The second-order valence-corrected chi connectivity index (χ2v) is 8.71. The number of aryl methyl sites for hydroxylation is 2. The van der Waals surface area contributed by atoms with Crippen LogP contribution in [0.3, 0.4) is 0 Å². The smallest absolute Gasteiger partial charge is 0.262 e. The third-order valence-corrected chi connectivity index (χ3v) is 5.86. The number of amides is 1. The Morgan fingerprint density at radius 2 is 1.63 bits per heavy atom. The Morgan fingerprint density at radius 1 is 0.933 bits per heavy atom. The van der Waals surface area contributed by atoms with E-state index in [0.717, 1.165) is 16.7 Å². The van der Waals surface area contributed by atoms with Gasteiger partial charge in [-0.1, -0.05) is 48.0 Å². The van der Waals surface area contributed by atoms with Crippen molar-refractivity contribution in [3.8, 4) is 5.75 Å². The van der Waals surface area contributed by atoms with Crippen molar-refractivity contribution >= 4 is 21.6 Å². The molecule has 3 rings (SSSR count). The van der Waals surface area contributed by atoms with Gasteiger partial charge in [0.15, 0.2) is 6.61 Å². The van der Waals surface area contributed by atoms with Crippen LogP contribution in [0.2, 0.25) is 0 Å². The van der Waals surface area contributed by atoms with Gasteiger partial charge in [-0.3, -0.25) is 4.79 Å². The van der Waals surface area contributed by atoms with E-state index in [1.807, 2.05) is 62.4 Å². The zero-order chi connectivity index (χ0) is 21.6. The van der Waals surface area contributed by atoms with E-state index < -0.39 is 10.0 Å². The molecule has 156 valence electrons. The Labute approximate surface area is 177 Å². The molecule has 3 aromatic carbocycles. The van der Waals surface area contributed by atoms with Crippen molar-refractivity contribution in [3.63, 3.8) is 0 Å². The molecule has 1 amide bonds. The van der Waals surface area contributed by atoms with E-state index >= 15 is 0 Å². The first kappa shape index (κ1) is 21.5. The Balaban J connectivity index is 1.55. The van der Waals surface area contributed by atoms with Crippen LogP contribution in [0, 0.1) is 13.8 Å². The molecule has 0 bridgehead atoms. The van der Waals surface area contributed by atoms with Crippen LogP contribution in [-0.4, -0.2) is 20.9 Å². The molecule has 3 aromatic rings. The summed E-state index contributed by atoms with van der Waals surface area (Å²) in [5.41, 5.74) is 3.44. The van der Waals surface area contributed by atoms with Crippen LogP contribution in [0.25, 0.3) is 0 Å². The Morgan fingerprint density at radius 3 is 2.30 bits per heavy atom. The SMILES string of the molecule is Cc1ccc(OCC(=O)Nc2ccc(S(=O)(=O)NCc3ccccc3)cc2)c(C)c1. The van der Waals surface area contributed by atoms with Crippen LogP contribution in [-0.2, 0) is 21.4 Å². The maximum absolute atomic E-state index is 12.4. The number of nitrogens with one attached hydrogen (secondary N) is 2. The first-order chi connectivity index (χ1) is 14.3. The first-order valence-corrected chi connectivity index (χ1v) is 11.0. The van der Waals surface area contributed by atoms with Crippen LogP contribution in [0.1, 0.15) is 16.7 Å². The quantitative estimate of drug-likeness (QED) is 0.576. The van der Waals surface area contributed by atoms with Crippen LogP contribution >= 0.6 is 0 Å². The predicted molar refractivity (Wildman–Crippen MR) is 117 cm³/mol. The Hall–Kier alpha value is -3.16. The van der Waals surface area contributed by atoms with Crippen LogP contribution in [0.15, 0.2) is 77.7 Å². The van der Waals surface area contributed by atoms with Crippen molar-refractivity contribution in [2.24, 2.45) is 0 Å². The summed E-state index contributed by atoms with van der Waals surface area (Å²) in [6.45, 7) is 3.98. The highest BCUT2D eigenvalue weighted by molar-refractivity contribution is 7.89. The lowest BCUT2D eigenvalue weighted by Gasteiger charge is -2.11. The second kappa shape index (κ2) is 9.56. The maximum Gasteiger partial charge on any atom is 0.262 e. The minimum atomic E-state index is -3.65. The van der Waals surface area contributed by atoms with Crippen molar-refractivity contribution in [2.45, 2.75) is 25.3 Å². The lowest BCUT2D eigenvalue weighted by Crippen LogP contribution is -2.23. The summed E-state index contributed by atoms with van der Waals surface area (Å²) in [6.07, 6.45) is 0. The molecule has 0 aliphatic carbocycles. The lowest BCUT2D eigenvalue weighted by atomic mass is 10.1. The molecular formula is C23H24N2O4S. The molecule has 0 heterocycles. The number of ether oxygens (including phenoxy) is 1. The summed E-state index contributed by atoms with van der Waals surface area (Å²) in [5, 5.41) is 2.70. The fourth-order valence-corrected chi connectivity index (χ4v) is 3.89. The summed E-state index contributed by atoms with van der Waals surface area (Å²) >= 11 is 0. The zero-order valence-corrected chi connectivity index (χ0v) is 17.7. The van der Waals surface area contributed by atoms with Gasteiger partial charge in [0.2, 0.25) is 10.0 Å². The van der Waals surface area contributed by atoms with E-state index in [-0.39, 0.29) is 24.0 Å². The predicted octanol–water partition coefficient (Wildman–Crippen LogP) is 3.80. The minimum absolute atomic E-state index is 0.128. The van der Waals surface area contributed by atoms with Crippen molar-refractivity contribution in [2.75, 3.05) is 11.9 Å². The standard InChI is InChI=1S/C23H24N2O4S/c1-17-8-13-22(18(2)14-17)29-16-23(26)25-20-9-11-21(12-10-20)30(27,28)24-15-19-6-4-3-5-7-19/h3-14,24H,15-16H2,1-2H3,(H,25,26). The van der Waals surface area contributed by atoms with Gasteiger partial charge in [-0.15, -0.1) is 0 Å². The largest absolute Gasteiger partial charge is 0.483 e. The molecule has 0 aromatic heterocycles. The lowest BCUT2D eigenvalue weighted by molar-refractivity contribution is -0.118. The molecule has 30 heavy (non-hydrogen) atoms. The summed E-state index contributed by atoms with van der Waals surface area (Å²) in [5.74, 6) is 0.328. The van der Waals surface area contributed by atoms with Gasteiger partial charge in [-0.05, 0) is 55.3 Å². The Kier molecular flexibility index (Phi) is 6.87. The molecule has 0 atom stereocenters. The van der Waals surface area contributed by atoms with Gasteiger partial charge in [0.1, 0.15) is 5.75 Å². The monoisotopic (exact) mass is 424 g/mol. The average molecular weight is 425 g/mol. The van der Waals surface area contributed by atoms with Gasteiger partial charge < -0.3 is 10.1 Å². The molecular weight excluding hydrogens is 400 g/mol. The van der Waals surface area contributed by atoms with Gasteiger partial charge >= 0.3 is 0 Å². The molecule has 0 unspecified atom stereocenters. The maximum atomic E-state index is 12.4. The molecule has 0 saturated carbocycles. The van der Waals surface area contributed by atoms with Crippen molar-refractivity contribution < 1.29 is 17.9 Å². The van der Waals surface area contributed by atoms with E-state index in [2.05, 4.69) is 10.0 Å². The van der Waals surface area contributed by atoms with Crippen LogP contribution in [0.4, 0.5) is 5.69 Å². The van der Waals surface area contributed by atoms with Crippen molar-refractivity contribution in [1.29, 1.82) is 0 Å². The summed E-state index contributed by atoms with van der Waals surface area (Å²) in [7, 11) is -3.65. The molecule has 7 heteroatoms. The number of hydrogen-bond acceptors (Lipinski definition) is 4. The highest BCUT2D eigenvalue weighted by atomic mass is 32.2. The third-order valence-electron chi connectivity index (χ3n) is 4.45. The highest BCUT2D eigenvalue weighted by Crippen LogP contribution is 2.19. The van der Waals surface area contributed by atoms with Gasteiger partial charge in [-0.25, -0.2) is 13.1 Å². The molecule has 0 spiro atoms. The summed E-state index contributed by atoms with van der Waals surface area (Å²) in [4.78, 5) is 12.3. The number of carbonyl (C=O) groups excluding carboxylic acids is 1. The van der Waals surface area contributed by atoms with Gasteiger partial charge in [0.25, 0.3) is 5.91 Å². The first-order valence-electron chi connectivity index (χ1n) is 9.47. The van der Waals surface area contributed by atoms with E-state index in [4.69, 9.17) is 4.74 Å². The number of carbonyl (C=O) groups is 1. The van der Waals surface area contributed by atoms with E-state index in [1.165, 1.54) is 12.1 Å². The van der Waals surface area contributed by atoms with E-state index in [1.54, 1.807) is 12.1 Å². The topological polar surface area (TPSA) is 84.5 Å². The Bertz CT molecular complexity index is 1110. The fourth-order valence-electron chi connectivity index (χ4n) is 2.88. The molecule has 6 nitrogen and oxygen atoms in total. The van der Waals surface area contributed by atoms with Crippen molar-refractivity contribution in [3.05, 3.63) is 89.5 Å². The van der Waals surface area contributed by atoms with E-state index in [0.29, 0.717) is 11.4 Å². The summed E-state index contributed by atoms with van der Waals surface area (Å²) < 4.78 is 33.0. The molecule has 0 radical (unpaired) electrons. The number of sulfonamides is 1. The number of benzene rings is 3. The van der Waals surface area contributed by atoms with Gasteiger partial charge in [0.05, 0.1) is 4.90 Å². The zero-order valence-electron chi connectivity index (χ0n) is 16.9. The fraction of sp³-hybridized carbons (Fsp3) is 0.174. The van der Waals surface area contributed by atoms with Crippen molar-refractivity contribution in [1.82, 2.24) is 4.72 Å². The molecule has 0 fully saturated rings. The third kappa shape index (κ3) is 5.92.